The number of hydrogen-bond donors (Lipinski definition) is 1. The quantitative estimate of drug-likeness (QED) is 0.600. The molecule has 0 radical (unpaired) electrons. The molecule has 4 rings (SSSR count). The number of nitrogens with one attached hydrogen (secondary N) is 1. The highest BCUT2D eigenvalue weighted by molar-refractivity contribution is 7.89. The van der Waals surface area contributed by atoms with Crippen LogP contribution in [0.1, 0.15) is 12.8 Å². The maximum absolute atomic E-state index is 13.0. The first-order valence-corrected chi connectivity index (χ1v) is 11.3. The molecule has 1 aromatic heterocycles. The average Bonchev–Trinajstić information content (AvgIpc) is 3.43. The molecule has 31 heavy (non-hydrogen) atoms. The average molecular weight is 465 g/mol. The van der Waals surface area contributed by atoms with Crippen molar-refractivity contribution in [2.24, 2.45) is 0 Å². The topological polar surface area (TPSA) is 110 Å². The molecule has 9 nitrogen and oxygen atoms in total. The summed E-state index contributed by atoms with van der Waals surface area (Å²) in [7, 11) is -3.65. The summed E-state index contributed by atoms with van der Waals surface area (Å²) in [6.07, 6.45) is 1.64. The molecule has 1 aliphatic rings. The molecule has 162 valence electrons. The van der Waals surface area contributed by atoms with Gasteiger partial charge in [0.15, 0.2) is 0 Å². The van der Waals surface area contributed by atoms with Crippen LogP contribution in [-0.4, -0.2) is 51.9 Å². The smallest absolute Gasteiger partial charge is 0.248 e. The Bertz CT molecular complexity index is 1210. The zero-order chi connectivity index (χ0) is 22.0. The summed E-state index contributed by atoms with van der Waals surface area (Å²) in [5.74, 6) is -0.661. The molecule has 0 saturated carbocycles. The first-order valence-electron chi connectivity index (χ1n) is 9.46. The Morgan fingerprint density at radius 1 is 1.13 bits per heavy atom. The number of sulfonamides is 1. The summed E-state index contributed by atoms with van der Waals surface area (Å²) in [6.45, 7) is 0.676. The number of nitrogens with zero attached hydrogens (tertiary/aromatic N) is 5. The maximum atomic E-state index is 13.0. The molecule has 0 bridgehead atoms. The predicted octanol–water partition coefficient (Wildman–Crippen LogP) is 2.56. The lowest BCUT2D eigenvalue weighted by molar-refractivity contribution is -0.117. The Hall–Kier alpha value is -2.89. The van der Waals surface area contributed by atoms with Crippen LogP contribution in [0.25, 0.3) is 11.4 Å². The molecule has 12 heteroatoms. The first kappa shape index (κ1) is 21.3. The van der Waals surface area contributed by atoms with Crippen molar-refractivity contribution in [3.63, 3.8) is 0 Å². The van der Waals surface area contributed by atoms with E-state index in [-0.39, 0.29) is 33.8 Å². The van der Waals surface area contributed by atoms with Crippen LogP contribution in [0.5, 0.6) is 0 Å². The highest BCUT2D eigenvalue weighted by Gasteiger charge is 2.27. The summed E-state index contributed by atoms with van der Waals surface area (Å²) in [5, 5.41) is 14.6. The molecule has 0 spiro atoms. The summed E-state index contributed by atoms with van der Waals surface area (Å²) in [4.78, 5) is 13.6. The van der Waals surface area contributed by atoms with E-state index in [1.807, 2.05) is 0 Å². The second-order valence-electron chi connectivity index (χ2n) is 6.95. The minimum Gasteiger partial charge on any atom is -0.323 e. The Kier molecular flexibility index (Phi) is 5.99. The first-order chi connectivity index (χ1) is 14.8. The molecule has 1 amide bonds. The van der Waals surface area contributed by atoms with Gasteiger partial charge < -0.3 is 5.32 Å². The number of carbonyl (C=O) groups excluding carboxylic acids is 1. The molecule has 2 heterocycles. The van der Waals surface area contributed by atoms with E-state index >= 15 is 0 Å². The van der Waals surface area contributed by atoms with Crippen LogP contribution in [0.4, 0.5) is 10.1 Å². The van der Waals surface area contributed by atoms with Crippen molar-refractivity contribution in [3.8, 4) is 11.4 Å². The van der Waals surface area contributed by atoms with Crippen molar-refractivity contribution < 1.29 is 17.6 Å². The van der Waals surface area contributed by atoms with Crippen LogP contribution in [-0.2, 0) is 21.4 Å². The molecular formula is C19H18ClFN6O3S. The number of tetrazole rings is 1. The van der Waals surface area contributed by atoms with Crippen LogP contribution in [0.2, 0.25) is 5.02 Å². The molecular weight excluding hydrogens is 447 g/mol. The van der Waals surface area contributed by atoms with E-state index in [0.717, 1.165) is 17.6 Å². The van der Waals surface area contributed by atoms with Crippen LogP contribution in [0.15, 0.2) is 47.4 Å². The number of halogens is 2. The van der Waals surface area contributed by atoms with E-state index in [1.54, 1.807) is 0 Å². The number of amides is 1. The standard InChI is InChI=1S/C19H18ClFN6O3S/c20-16-8-7-15(31(29,30)26-9-1-2-10-26)11-17(16)22-18(28)12-27-24-19(23-25-27)13-3-5-14(21)6-4-13/h3-8,11H,1-2,9-10,12H2,(H,22,28). The minimum atomic E-state index is -3.65. The van der Waals surface area contributed by atoms with Gasteiger partial charge in [-0.05, 0) is 60.5 Å². The normalized spacial score (nSPS) is 14.6. The Balaban J connectivity index is 1.47. The van der Waals surface area contributed by atoms with E-state index in [9.17, 15) is 17.6 Å². The van der Waals surface area contributed by atoms with Gasteiger partial charge in [0.1, 0.15) is 12.4 Å². The Morgan fingerprint density at radius 2 is 1.84 bits per heavy atom. The summed E-state index contributed by atoms with van der Waals surface area (Å²) < 4.78 is 40.0. The summed E-state index contributed by atoms with van der Waals surface area (Å²) in [5.41, 5.74) is 0.724. The van der Waals surface area contributed by atoms with Crippen LogP contribution in [0, 0.1) is 5.82 Å². The van der Waals surface area contributed by atoms with Crippen LogP contribution >= 0.6 is 11.6 Å². The fourth-order valence-corrected chi connectivity index (χ4v) is 4.89. The van der Waals surface area contributed by atoms with Crippen molar-refractivity contribution >= 4 is 33.2 Å². The molecule has 1 N–H and O–H groups in total. The van der Waals surface area contributed by atoms with Crippen molar-refractivity contribution in [1.82, 2.24) is 24.5 Å². The number of hydrogen-bond acceptors (Lipinski definition) is 6. The largest absolute Gasteiger partial charge is 0.323 e. The lowest BCUT2D eigenvalue weighted by atomic mass is 10.2. The van der Waals surface area contributed by atoms with Crippen molar-refractivity contribution in [3.05, 3.63) is 53.3 Å². The zero-order valence-electron chi connectivity index (χ0n) is 16.2. The van der Waals surface area contributed by atoms with E-state index in [1.165, 1.54) is 46.8 Å². The second kappa shape index (κ2) is 8.69. The third-order valence-corrected chi connectivity index (χ3v) is 6.98. The fourth-order valence-electron chi connectivity index (χ4n) is 3.18. The molecule has 2 aromatic carbocycles. The van der Waals surface area contributed by atoms with Gasteiger partial charge in [-0.2, -0.15) is 9.10 Å². The van der Waals surface area contributed by atoms with E-state index < -0.39 is 15.9 Å². The molecule has 0 atom stereocenters. The van der Waals surface area contributed by atoms with E-state index in [0.29, 0.717) is 18.7 Å². The summed E-state index contributed by atoms with van der Waals surface area (Å²) >= 11 is 6.15. The van der Waals surface area contributed by atoms with Gasteiger partial charge in [0, 0.05) is 18.7 Å². The molecule has 0 aliphatic carbocycles. The van der Waals surface area contributed by atoms with Crippen LogP contribution < -0.4 is 5.32 Å². The number of benzene rings is 2. The van der Waals surface area contributed by atoms with Gasteiger partial charge in [0.05, 0.1) is 15.6 Å². The van der Waals surface area contributed by atoms with Gasteiger partial charge in [-0.3, -0.25) is 4.79 Å². The number of carbonyl (C=O) groups is 1. The zero-order valence-corrected chi connectivity index (χ0v) is 17.8. The number of aromatic nitrogens is 4. The highest BCUT2D eigenvalue weighted by Crippen LogP contribution is 2.28. The third-order valence-electron chi connectivity index (χ3n) is 4.76. The van der Waals surface area contributed by atoms with Gasteiger partial charge in [-0.1, -0.05) is 11.6 Å². The van der Waals surface area contributed by atoms with Crippen molar-refractivity contribution in [2.75, 3.05) is 18.4 Å². The molecule has 0 unspecified atom stereocenters. The van der Waals surface area contributed by atoms with Crippen molar-refractivity contribution in [1.29, 1.82) is 0 Å². The molecule has 3 aromatic rings. The number of anilines is 1. The monoisotopic (exact) mass is 464 g/mol. The van der Waals surface area contributed by atoms with Gasteiger partial charge in [0.2, 0.25) is 21.8 Å². The molecule has 1 saturated heterocycles. The molecule has 1 fully saturated rings. The minimum absolute atomic E-state index is 0.0616. The molecule has 1 aliphatic heterocycles. The Labute approximate surface area is 182 Å². The van der Waals surface area contributed by atoms with E-state index in [4.69, 9.17) is 11.6 Å². The predicted molar refractivity (Wildman–Crippen MR) is 111 cm³/mol. The van der Waals surface area contributed by atoms with Crippen LogP contribution in [0.3, 0.4) is 0 Å². The number of rotatable bonds is 6. The third kappa shape index (κ3) is 4.73. The lowest BCUT2D eigenvalue weighted by Crippen LogP contribution is -2.28. The highest BCUT2D eigenvalue weighted by atomic mass is 35.5. The van der Waals surface area contributed by atoms with Gasteiger partial charge in [0.25, 0.3) is 0 Å². The Morgan fingerprint density at radius 3 is 2.55 bits per heavy atom. The second-order valence-corrected chi connectivity index (χ2v) is 9.30. The SMILES string of the molecule is O=C(Cn1nnc(-c2ccc(F)cc2)n1)Nc1cc(S(=O)(=O)N2CCCC2)ccc1Cl. The fraction of sp³-hybridized carbons (Fsp3) is 0.263. The van der Waals surface area contributed by atoms with Crippen molar-refractivity contribution in [2.45, 2.75) is 24.3 Å². The van der Waals surface area contributed by atoms with Gasteiger partial charge in [-0.25, -0.2) is 12.8 Å². The maximum Gasteiger partial charge on any atom is 0.248 e. The van der Waals surface area contributed by atoms with Gasteiger partial charge in [-0.15, -0.1) is 10.2 Å². The van der Waals surface area contributed by atoms with Gasteiger partial charge >= 0.3 is 0 Å². The summed E-state index contributed by atoms with van der Waals surface area (Å²) in [6, 6.07) is 9.74. The lowest BCUT2D eigenvalue weighted by Gasteiger charge is -2.16. The van der Waals surface area contributed by atoms with E-state index in [2.05, 4.69) is 20.7 Å².